The highest BCUT2D eigenvalue weighted by molar-refractivity contribution is 7.92. The van der Waals surface area contributed by atoms with Gasteiger partial charge in [0.15, 0.2) is 0 Å². The van der Waals surface area contributed by atoms with Crippen molar-refractivity contribution in [1.82, 2.24) is 5.32 Å². The minimum atomic E-state index is -3.80. The topological polar surface area (TPSA) is 75.3 Å². The Morgan fingerprint density at radius 1 is 1.04 bits per heavy atom. The molecule has 0 saturated heterocycles. The number of anilines is 1. The summed E-state index contributed by atoms with van der Waals surface area (Å²) in [6, 6.07) is 15.4. The highest BCUT2D eigenvalue weighted by Crippen LogP contribution is 2.22. The smallest absolute Gasteiger partial charge is 0.261 e. The number of hydrogen-bond donors (Lipinski definition) is 2. The molecule has 1 atom stereocenters. The highest BCUT2D eigenvalue weighted by atomic mass is 32.2. The third kappa shape index (κ3) is 4.61. The molecule has 1 aromatic heterocycles. The molecule has 0 fully saturated rings. The molecule has 1 amide bonds. The molecule has 0 aliphatic heterocycles. The Morgan fingerprint density at radius 3 is 2.39 bits per heavy atom. The van der Waals surface area contributed by atoms with E-state index in [0.29, 0.717) is 16.8 Å². The van der Waals surface area contributed by atoms with E-state index in [4.69, 9.17) is 0 Å². The van der Waals surface area contributed by atoms with Gasteiger partial charge in [0.1, 0.15) is 0 Å². The first-order chi connectivity index (χ1) is 13.3. The van der Waals surface area contributed by atoms with Crippen molar-refractivity contribution in [3.63, 3.8) is 0 Å². The summed E-state index contributed by atoms with van der Waals surface area (Å²) < 4.78 is 28.0. The average molecular weight is 415 g/mol. The quantitative estimate of drug-likeness (QED) is 0.616. The molecule has 3 aromatic rings. The summed E-state index contributed by atoms with van der Waals surface area (Å²) in [7, 11) is -3.80. The number of sulfonamides is 1. The zero-order valence-electron chi connectivity index (χ0n) is 15.9. The van der Waals surface area contributed by atoms with Crippen LogP contribution in [0.4, 0.5) is 5.69 Å². The fourth-order valence-electron chi connectivity index (χ4n) is 2.73. The molecular weight excluding hydrogens is 392 g/mol. The fraction of sp³-hybridized carbons (Fsp3) is 0.190. The van der Waals surface area contributed by atoms with Gasteiger partial charge in [-0.3, -0.25) is 9.52 Å². The van der Waals surface area contributed by atoms with Crippen LogP contribution in [0, 0.1) is 13.8 Å². The van der Waals surface area contributed by atoms with Gasteiger partial charge in [0.2, 0.25) is 0 Å². The van der Waals surface area contributed by atoms with Gasteiger partial charge in [0.05, 0.1) is 10.9 Å². The van der Waals surface area contributed by atoms with E-state index in [1.807, 2.05) is 43.5 Å². The highest BCUT2D eigenvalue weighted by Gasteiger charge is 2.19. The zero-order chi connectivity index (χ0) is 20.3. The van der Waals surface area contributed by atoms with Crippen LogP contribution in [0.1, 0.15) is 39.3 Å². The van der Waals surface area contributed by atoms with Crippen molar-refractivity contribution < 1.29 is 13.2 Å². The monoisotopic (exact) mass is 414 g/mol. The maximum atomic E-state index is 12.7. The van der Waals surface area contributed by atoms with E-state index in [1.165, 1.54) is 12.1 Å². The number of thiophene rings is 1. The van der Waals surface area contributed by atoms with E-state index in [9.17, 15) is 13.2 Å². The van der Waals surface area contributed by atoms with Crippen LogP contribution in [0.15, 0.2) is 64.9 Å². The first-order valence-corrected chi connectivity index (χ1v) is 11.2. The lowest BCUT2D eigenvalue weighted by Gasteiger charge is -2.15. The van der Waals surface area contributed by atoms with Gasteiger partial charge < -0.3 is 5.32 Å². The normalized spacial score (nSPS) is 12.4. The van der Waals surface area contributed by atoms with Crippen LogP contribution in [-0.2, 0) is 10.0 Å². The molecule has 0 aliphatic carbocycles. The summed E-state index contributed by atoms with van der Waals surface area (Å²) in [5.74, 6) is -0.300. The molecule has 5 nitrogen and oxygen atoms in total. The first kappa shape index (κ1) is 20.1. The second kappa shape index (κ2) is 8.16. The zero-order valence-corrected chi connectivity index (χ0v) is 17.5. The molecule has 0 bridgehead atoms. The van der Waals surface area contributed by atoms with Gasteiger partial charge in [-0.1, -0.05) is 29.8 Å². The van der Waals surface area contributed by atoms with Gasteiger partial charge >= 0.3 is 0 Å². The molecule has 28 heavy (non-hydrogen) atoms. The van der Waals surface area contributed by atoms with E-state index >= 15 is 0 Å². The van der Waals surface area contributed by atoms with E-state index in [2.05, 4.69) is 10.0 Å². The third-order valence-corrected chi connectivity index (χ3v) is 6.82. The van der Waals surface area contributed by atoms with Crippen molar-refractivity contribution in [2.75, 3.05) is 4.72 Å². The largest absolute Gasteiger partial charge is 0.345 e. The van der Waals surface area contributed by atoms with Gasteiger partial charge in [0.25, 0.3) is 15.9 Å². The predicted molar refractivity (Wildman–Crippen MR) is 113 cm³/mol. The minimum Gasteiger partial charge on any atom is -0.345 e. The SMILES string of the molecule is Cc1ccc(NS(=O)(=O)c2ccc(C)c(C(=O)NC(C)c3cccs3)c2)cc1. The van der Waals surface area contributed by atoms with Crippen LogP contribution < -0.4 is 10.0 Å². The van der Waals surface area contributed by atoms with E-state index < -0.39 is 10.0 Å². The predicted octanol–water partition coefficient (Wildman–Crippen LogP) is 4.66. The number of aryl methyl sites for hydroxylation is 2. The summed E-state index contributed by atoms with van der Waals surface area (Å²) in [5, 5.41) is 4.88. The molecule has 0 saturated carbocycles. The van der Waals surface area contributed by atoms with Crippen LogP contribution in [0.25, 0.3) is 0 Å². The minimum absolute atomic E-state index is 0.0487. The molecule has 2 N–H and O–H groups in total. The molecule has 2 aromatic carbocycles. The van der Waals surface area contributed by atoms with Gasteiger partial charge in [-0.05, 0) is 62.0 Å². The van der Waals surface area contributed by atoms with Crippen LogP contribution >= 0.6 is 11.3 Å². The van der Waals surface area contributed by atoms with Crippen molar-refractivity contribution in [3.8, 4) is 0 Å². The second-order valence-electron chi connectivity index (χ2n) is 6.66. The number of hydrogen-bond acceptors (Lipinski definition) is 4. The van der Waals surface area contributed by atoms with Gasteiger partial charge in [-0.25, -0.2) is 8.42 Å². The number of carbonyl (C=O) groups is 1. The van der Waals surface area contributed by atoms with Crippen molar-refractivity contribution in [2.45, 2.75) is 31.7 Å². The van der Waals surface area contributed by atoms with Crippen molar-refractivity contribution in [1.29, 1.82) is 0 Å². The Labute approximate surface area is 169 Å². The van der Waals surface area contributed by atoms with Crippen molar-refractivity contribution in [2.24, 2.45) is 0 Å². The molecule has 1 heterocycles. The summed E-state index contributed by atoms with van der Waals surface area (Å²) in [6.45, 7) is 5.62. The lowest BCUT2D eigenvalue weighted by molar-refractivity contribution is 0.0939. The second-order valence-corrected chi connectivity index (χ2v) is 9.32. The molecule has 0 spiro atoms. The van der Waals surface area contributed by atoms with Gasteiger partial charge in [-0.2, -0.15) is 0 Å². The molecule has 0 radical (unpaired) electrons. The fourth-order valence-corrected chi connectivity index (χ4v) is 4.55. The van der Waals surface area contributed by atoms with Crippen LogP contribution in [0.3, 0.4) is 0 Å². The number of nitrogens with one attached hydrogen (secondary N) is 2. The first-order valence-electron chi connectivity index (χ1n) is 8.80. The molecule has 7 heteroatoms. The summed E-state index contributed by atoms with van der Waals surface area (Å²) in [5.41, 5.74) is 2.57. The summed E-state index contributed by atoms with van der Waals surface area (Å²) >= 11 is 1.56. The van der Waals surface area contributed by atoms with E-state index in [1.54, 1.807) is 36.5 Å². The number of rotatable bonds is 6. The van der Waals surface area contributed by atoms with E-state index in [0.717, 1.165) is 10.4 Å². The summed E-state index contributed by atoms with van der Waals surface area (Å²) in [4.78, 5) is 13.8. The molecular formula is C21H22N2O3S2. The Morgan fingerprint density at radius 2 is 1.75 bits per heavy atom. The third-order valence-electron chi connectivity index (χ3n) is 4.39. The maximum Gasteiger partial charge on any atom is 0.261 e. The number of amides is 1. The van der Waals surface area contributed by atoms with Gasteiger partial charge in [-0.15, -0.1) is 11.3 Å². The Hall–Kier alpha value is -2.64. The average Bonchev–Trinajstić information content (AvgIpc) is 3.18. The lowest BCUT2D eigenvalue weighted by atomic mass is 10.1. The number of carbonyl (C=O) groups excluding carboxylic acids is 1. The Kier molecular flexibility index (Phi) is 5.86. The standard InChI is InChI=1S/C21H22N2O3S2/c1-14-6-9-17(10-7-14)23-28(25,26)18-11-8-15(2)19(13-18)21(24)22-16(3)20-5-4-12-27-20/h4-13,16,23H,1-3H3,(H,22,24). The lowest BCUT2D eigenvalue weighted by Crippen LogP contribution is -2.27. The summed E-state index contributed by atoms with van der Waals surface area (Å²) in [6.07, 6.45) is 0. The Bertz CT molecular complexity index is 1070. The molecule has 3 rings (SSSR count). The van der Waals surface area contributed by atoms with Crippen molar-refractivity contribution in [3.05, 3.63) is 81.5 Å². The molecule has 146 valence electrons. The van der Waals surface area contributed by atoms with E-state index in [-0.39, 0.29) is 16.8 Å². The number of benzene rings is 2. The Balaban J connectivity index is 1.83. The van der Waals surface area contributed by atoms with Crippen molar-refractivity contribution >= 4 is 33.0 Å². The van der Waals surface area contributed by atoms with Gasteiger partial charge in [0, 0.05) is 16.1 Å². The van der Waals surface area contributed by atoms with Crippen LogP contribution in [-0.4, -0.2) is 14.3 Å². The maximum absolute atomic E-state index is 12.7. The molecule has 0 aliphatic rings. The van der Waals surface area contributed by atoms with Crippen LogP contribution in [0.5, 0.6) is 0 Å². The van der Waals surface area contributed by atoms with Crippen LogP contribution in [0.2, 0.25) is 0 Å². The molecule has 1 unspecified atom stereocenters.